The summed E-state index contributed by atoms with van der Waals surface area (Å²) in [5.74, 6) is 6.79. The van der Waals surface area contributed by atoms with Crippen molar-refractivity contribution in [2.45, 2.75) is 6.54 Å². The third-order valence-corrected chi connectivity index (χ3v) is 2.26. The highest BCUT2D eigenvalue weighted by molar-refractivity contribution is 9.10. The Bertz CT molecular complexity index is 330. The van der Waals surface area contributed by atoms with Crippen LogP contribution in [0.3, 0.4) is 0 Å². The predicted molar refractivity (Wildman–Crippen MR) is 51.3 cm³/mol. The summed E-state index contributed by atoms with van der Waals surface area (Å²) in [5, 5.41) is 0. The zero-order valence-corrected chi connectivity index (χ0v) is 8.43. The Morgan fingerprint density at radius 3 is 3.08 bits per heavy atom. The number of rotatable bonds is 2. The number of fused-ring (bicyclic) bond motifs is 1. The first-order chi connectivity index (χ1) is 6.31. The van der Waals surface area contributed by atoms with E-state index in [9.17, 15) is 0 Å². The van der Waals surface area contributed by atoms with Crippen molar-refractivity contribution in [1.82, 2.24) is 5.43 Å². The molecule has 0 spiro atoms. The van der Waals surface area contributed by atoms with Crippen molar-refractivity contribution in [2.75, 3.05) is 6.79 Å². The van der Waals surface area contributed by atoms with Crippen LogP contribution < -0.4 is 20.7 Å². The molecule has 1 heterocycles. The van der Waals surface area contributed by atoms with Gasteiger partial charge in [0.15, 0.2) is 11.5 Å². The SMILES string of the molecule is NNCc1cc(Br)cc2c1OCO2. The van der Waals surface area contributed by atoms with Crippen molar-refractivity contribution in [3.63, 3.8) is 0 Å². The standard InChI is InChI=1S/C8H9BrN2O2/c9-6-1-5(3-11-10)8-7(2-6)12-4-13-8/h1-2,11H,3-4,10H2. The fraction of sp³-hybridized carbons (Fsp3) is 0.250. The van der Waals surface area contributed by atoms with E-state index in [1.54, 1.807) is 0 Å². The molecule has 3 N–H and O–H groups in total. The molecule has 1 aromatic rings. The third-order valence-electron chi connectivity index (χ3n) is 1.81. The van der Waals surface area contributed by atoms with Crippen molar-refractivity contribution in [3.8, 4) is 11.5 Å². The molecule has 5 heteroatoms. The average Bonchev–Trinajstić information content (AvgIpc) is 2.52. The lowest BCUT2D eigenvalue weighted by atomic mass is 10.2. The Morgan fingerprint density at radius 1 is 1.46 bits per heavy atom. The summed E-state index contributed by atoms with van der Waals surface area (Å²) < 4.78 is 11.5. The van der Waals surface area contributed by atoms with Crippen molar-refractivity contribution >= 4 is 15.9 Å². The Balaban J connectivity index is 2.43. The smallest absolute Gasteiger partial charge is 0.231 e. The molecule has 1 aromatic carbocycles. The zero-order chi connectivity index (χ0) is 9.26. The maximum absolute atomic E-state index is 5.30. The minimum absolute atomic E-state index is 0.281. The molecule has 0 unspecified atom stereocenters. The van der Waals surface area contributed by atoms with Gasteiger partial charge >= 0.3 is 0 Å². The van der Waals surface area contributed by atoms with Gasteiger partial charge in [0.05, 0.1) is 0 Å². The minimum Gasteiger partial charge on any atom is -0.454 e. The largest absolute Gasteiger partial charge is 0.454 e. The maximum atomic E-state index is 5.30. The highest BCUT2D eigenvalue weighted by Crippen LogP contribution is 2.38. The number of hydrogen-bond acceptors (Lipinski definition) is 4. The molecule has 0 atom stereocenters. The Labute approximate surface area is 84.1 Å². The molecule has 0 aliphatic carbocycles. The maximum Gasteiger partial charge on any atom is 0.231 e. The van der Waals surface area contributed by atoms with E-state index in [0.717, 1.165) is 21.5 Å². The Hall–Kier alpha value is -0.780. The first-order valence-electron chi connectivity index (χ1n) is 3.83. The van der Waals surface area contributed by atoms with Crippen molar-refractivity contribution in [1.29, 1.82) is 0 Å². The van der Waals surface area contributed by atoms with Crippen LogP contribution in [0.2, 0.25) is 0 Å². The number of ether oxygens (including phenoxy) is 2. The molecule has 4 nitrogen and oxygen atoms in total. The number of benzene rings is 1. The van der Waals surface area contributed by atoms with Gasteiger partial charge in [0, 0.05) is 16.6 Å². The molecule has 0 amide bonds. The van der Waals surface area contributed by atoms with Gasteiger partial charge in [-0.25, -0.2) is 0 Å². The normalized spacial score (nSPS) is 13.4. The number of hydrazine groups is 1. The van der Waals surface area contributed by atoms with E-state index in [1.165, 1.54) is 0 Å². The lowest BCUT2D eigenvalue weighted by Crippen LogP contribution is -2.21. The van der Waals surface area contributed by atoms with E-state index in [2.05, 4.69) is 21.4 Å². The summed E-state index contributed by atoms with van der Waals surface area (Å²) in [5.41, 5.74) is 3.57. The molecule has 0 bridgehead atoms. The monoisotopic (exact) mass is 244 g/mol. The molecule has 0 fully saturated rings. The van der Waals surface area contributed by atoms with Gasteiger partial charge in [0.1, 0.15) is 0 Å². The second kappa shape index (κ2) is 3.53. The predicted octanol–water partition coefficient (Wildman–Crippen LogP) is 1.14. The second-order valence-electron chi connectivity index (χ2n) is 2.68. The first kappa shape index (κ1) is 8.80. The Morgan fingerprint density at radius 2 is 2.31 bits per heavy atom. The third kappa shape index (κ3) is 1.63. The molecule has 0 saturated heterocycles. The summed E-state index contributed by atoms with van der Waals surface area (Å²) >= 11 is 3.38. The summed E-state index contributed by atoms with van der Waals surface area (Å²) in [6, 6.07) is 3.83. The molecule has 2 rings (SSSR count). The van der Waals surface area contributed by atoms with E-state index in [0.29, 0.717) is 6.54 Å². The molecule has 70 valence electrons. The minimum atomic E-state index is 0.281. The molecule has 0 saturated carbocycles. The summed E-state index contributed by atoms with van der Waals surface area (Å²) in [6.45, 7) is 0.842. The molecular weight excluding hydrogens is 236 g/mol. The van der Waals surface area contributed by atoms with Crippen LogP contribution in [0, 0.1) is 0 Å². The van der Waals surface area contributed by atoms with Crippen LogP contribution >= 0.6 is 15.9 Å². The molecule has 13 heavy (non-hydrogen) atoms. The van der Waals surface area contributed by atoms with Gasteiger partial charge in [-0.2, -0.15) is 0 Å². The number of halogens is 1. The average molecular weight is 245 g/mol. The zero-order valence-electron chi connectivity index (χ0n) is 6.84. The van der Waals surface area contributed by atoms with Crippen molar-refractivity contribution < 1.29 is 9.47 Å². The number of nitrogens with one attached hydrogen (secondary N) is 1. The topological polar surface area (TPSA) is 56.5 Å². The van der Waals surface area contributed by atoms with Gasteiger partial charge in [-0.15, -0.1) is 0 Å². The Kier molecular flexibility index (Phi) is 2.39. The van der Waals surface area contributed by atoms with E-state index in [4.69, 9.17) is 15.3 Å². The molecular formula is C8H9BrN2O2. The number of hydrogen-bond donors (Lipinski definition) is 2. The summed E-state index contributed by atoms with van der Waals surface area (Å²) in [7, 11) is 0. The molecule has 1 aliphatic heterocycles. The second-order valence-corrected chi connectivity index (χ2v) is 3.60. The van der Waals surface area contributed by atoms with Crippen LogP contribution in [0.4, 0.5) is 0 Å². The summed E-state index contributed by atoms with van der Waals surface area (Å²) in [4.78, 5) is 0. The number of nitrogens with two attached hydrogens (primary N) is 1. The van der Waals surface area contributed by atoms with Crippen LogP contribution in [0.15, 0.2) is 16.6 Å². The quantitative estimate of drug-likeness (QED) is 0.606. The summed E-state index contributed by atoms with van der Waals surface area (Å²) in [6.07, 6.45) is 0. The van der Waals surface area contributed by atoms with Gasteiger partial charge in [-0.3, -0.25) is 11.3 Å². The van der Waals surface area contributed by atoms with E-state index in [-0.39, 0.29) is 6.79 Å². The highest BCUT2D eigenvalue weighted by Gasteiger charge is 2.18. The van der Waals surface area contributed by atoms with Crippen LogP contribution in [-0.2, 0) is 6.54 Å². The fourth-order valence-electron chi connectivity index (χ4n) is 1.29. The first-order valence-corrected chi connectivity index (χ1v) is 4.62. The van der Waals surface area contributed by atoms with Gasteiger partial charge in [0.25, 0.3) is 0 Å². The van der Waals surface area contributed by atoms with Crippen molar-refractivity contribution in [2.24, 2.45) is 5.84 Å². The van der Waals surface area contributed by atoms with Crippen LogP contribution in [0.25, 0.3) is 0 Å². The van der Waals surface area contributed by atoms with Gasteiger partial charge < -0.3 is 9.47 Å². The molecule has 0 radical (unpaired) electrons. The van der Waals surface area contributed by atoms with Gasteiger partial charge in [0.2, 0.25) is 6.79 Å². The van der Waals surface area contributed by atoms with E-state index in [1.807, 2.05) is 12.1 Å². The fourth-order valence-corrected chi connectivity index (χ4v) is 1.77. The molecule has 0 aromatic heterocycles. The van der Waals surface area contributed by atoms with Crippen LogP contribution in [0.5, 0.6) is 11.5 Å². The van der Waals surface area contributed by atoms with Crippen LogP contribution in [0.1, 0.15) is 5.56 Å². The van der Waals surface area contributed by atoms with Gasteiger partial charge in [-0.05, 0) is 12.1 Å². The highest BCUT2D eigenvalue weighted by atomic mass is 79.9. The molecule has 1 aliphatic rings. The lowest BCUT2D eigenvalue weighted by molar-refractivity contribution is 0.173. The lowest BCUT2D eigenvalue weighted by Gasteiger charge is -2.05. The van der Waals surface area contributed by atoms with E-state index < -0.39 is 0 Å². The van der Waals surface area contributed by atoms with Crippen LogP contribution in [-0.4, -0.2) is 6.79 Å². The van der Waals surface area contributed by atoms with Crippen molar-refractivity contribution in [3.05, 3.63) is 22.2 Å². The van der Waals surface area contributed by atoms with Gasteiger partial charge in [-0.1, -0.05) is 15.9 Å². The van der Waals surface area contributed by atoms with E-state index >= 15 is 0 Å².